The van der Waals surface area contributed by atoms with E-state index in [1.54, 1.807) is 22.4 Å². The van der Waals surface area contributed by atoms with E-state index in [1.165, 1.54) is 23.5 Å². The molecule has 1 saturated heterocycles. The van der Waals surface area contributed by atoms with Gasteiger partial charge < -0.3 is 14.4 Å². The van der Waals surface area contributed by atoms with Crippen LogP contribution in [0.3, 0.4) is 0 Å². The Morgan fingerprint density at radius 3 is 2.77 bits per heavy atom. The van der Waals surface area contributed by atoms with Crippen LogP contribution in [0.25, 0.3) is 0 Å². The number of aromatic nitrogens is 1. The van der Waals surface area contributed by atoms with Crippen LogP contribution in [-0.2, 0) is 11.3 Å². The number of rotatable bonds is 4. The minimum Gasteiger partial charge on any atom is -0.486 e. The van der Waals surface area contributed by atoms with Gasteiger partial charge in [0.2, 0.25) is 0 Å². The molecule has 0 unspecified atom stereocenters. The van der Waals surface area contributed by atoms with Crippen LogP contribution in [0, 0.1) is 5.82 Å². The van der Waals surface area contributed by atoms with Crippen molar-refractivity contribution >= 4 is 17.2 Å². The average molecular weight is 322 g/mol. The van der Waals surface area contributed by atoms with Crippen LogP contribution < -0.4 is 4.74 Å². The SMILES string of the molecule is O=C(c1csc(COc2ccc(F)cc2)n1)N1CCOCC1. The fraction of sp³-hybridized carbons (Fsp3) is 0.333. The van der Waals surface area contributed by atoms with Gasteiger partial charge in [0, 0.05) is 18.5 Å². The van der Waals surface area contributed by atoms with Crippen molar-refractivity contribution in [1.29, 1.82) is 0 Å². The Morgan fingerprint density at radius 2 is 2.05 bits per heavy atom. The molecule has 0 radical (unpaired) electrons. The third-order valence-electron chi connectivity index (χ3n) is 3.25. The molecular formula is C15H15FN2O3S. The van der Waals surface area contributed by atoms with Crippen LogP contribution in [0.5, 0.6) is 5.75 Å². The average Bonchev–Trinajstić information content (AvgIpc) is 3.03. The molecule has 5 nitrogen and oxygen atoms in total. The monoisotopic (exact) mass is 322 g/mol. The number of benzene rings is 1. The van der Waals surface area contributed by atoms with Crippen molar-refractivity contribution in [3.05, 3.63) is 46.2 Å². The Hall–Kier alpha value is -1.99. The Bertz CT molecular complexity index is 638. The third kappa shape index (κ3) is 3.61. The van der Waals surface area contributed by atoms with Crippen LogP contribution >= 0.6 is 11.3 Å². The van der Waals surface area contributed by atoms with Crippen LogP contribution in [-0.4, -0.2) is 42.1 Å². The van der Waals surface area contributed by atoms with E-state index in [-0.39, 0.29) is 18.3 Å². The summed E-state index contributed by atoms with van der Waals surface area (Å²) in [7, 11) is 0. The fourth-order valence-electron chi connectivity index (χ4n) is 2.08. The Kier molecular flexibility index (Phi) is 4.65. The summed E-state index contributed by atoms with van der Waals surface area (Å²) in [5.74, 6) is 0.185. The summed E-state index contributed by atoms with van der Waals surface area (Å²) in [5.41, 5.74) is 0.435. The molecule has 0 saturated carbocycles. The quantitative estimate of drug-likeness (QED) is 0.867. The van der Waals surface area contributed by atoms with Gasteiger partial charge in [0.1, 0.15) is 28.9 Å². The number of ether oxygens (including phenoxy) is 2. The van der Waals surface area contributed by atoms with Crippen LogP contribution in [0.1, 0.15) is 15.5 Å². The van der Waals surface area contributed by atoms with Crippen LogP contribution in [0.2, 0.25) is 0 Å². The van der Waals surface area contributed by atoms with Gasteiger partial charge in [0.05, 0.1) is 13.2 Å². The summed E-state index contributed by atoms with van der Waals surface area (Å²) in [6.07, 6.45) is 0. The lowest BCUT2D eigenvalue weighted by Gasteiger charge is -2.25. The Balaban J connectivity index is 1.58. The van der Waals surface area contributed by atoms with Crippen molar-refractivity contribution < 1.29 is 18.7 Å². The van der Waals surface area contributed by atoms with Crippen molar-refractivity contribution in [2.24, 2.45) is 0 Å². The van der Waals surface area contributed by atoms with Gasteiger partial charge in [-0.15, -0.1) is 11.3 Å². The summed E-state index contributed by atoms with van der Waals surface area (Å²) >= 11 is 1.38. The van der Waals surface area contributed by atoms with E-state index >= 15 is 0 Å². The number of nitrogens with zero attached hydrogens (tertiary/aromatic N) is 2. The van der Waals surface area contributed by atoms with Crippen LogP contribution in [0.15, 0.2) is 29.6 Å². The molecule has 1 aliphatic heterocycles. The zero-order valence-corrected chi connectivity index (χ0v) is 12.6. The molecule has 116 valence electrons. The lowest BCUT2D eigenvalue weighted by molar-refractivity contribution is 0.0299. The van der Waals surface area contributed by atoms with E-state index < -0.39 is 0 Å². The molecule has 2 aromatic rings. The molecular weight excluding hydrogens is 307 g/mol. The summed E-state index contributed by atoms with van der Waals surface area (Å²) < 4.78 is 23.6. The van der Waals surface area contributed by atoms with Crippen molar-refractivity contribution in [3.63, 3.8) is 0 Å². The molecule has 1 aromatic carbocycles. The summed E-state index contributed by atoms with van der Waals surface area (Å²) in [5, 5.41) is 2.45. The number of thiazole rings is 1. The molecule has 1 aliphatic rings. The molecule has 0 spiro atoms. The fourth-order valence-corrected chi connectivity index (χ4v) is 2.76. The predicted molar refractivity (Wildman–Crippen MR) is 79.6 cm³/mol. The lowest BCUT2D eigenvalue weighted by Crippen LogP contribution is -2.40. The minimum absolute atomic E-state index is 0.0763. The van der Waals surface area contributed by atoms with E-state index in [9.17, 15) is 9.18 Å². The molecule has 1 aromatic heterocycles. The molecule has 2 heterocycles. The number of hydrogen-bond donors (Lipinski definition) is 0. The highest BCUT2D eigenvalue weighted by atomic mass is 32.1. The van der Waals surface area contributed by atoms with Gasteiger partial charge in [-0.2, -0.15) is 0 Å². The van der Waals surface area contributed by atoms with Crippen molar-refractivity contribution in [2.75, 3.05) is 26.3 Å². The van der Waals surface area contributed by atoms with Gasteiger partial charge in [-0.1, -0.05) is 0 Å². The maximum absolute atomic E-state index is 12.8. The summed E-state index contributed by atoms with van der Waals surface area (Å²) in [4.78, 5) is 18.3. The highest BCUT2D eigenvalue weighted by Crippen LogP contribution is 2.17. The molecule has 3 rings (SSSR count). The first-order valence-electron chi connectivity index (χ1n) is 6.92. The summed E-state index contributed by atoms with van der Waals surface area (Å²) in [6.45, 7) is 2.58. The number of amides is 1. The number of carbonyl (C=O) groups excluding carboxylic acids is 1. The van der Waals surface area contributed by atoms with E-state index in [4.69, 9.17) is 9.47 Å². The second-order valence-electron chi connectivity index (χ2n) is 4.77. The van der Waals surface area contributed by atoms with Crippen molar-refractivity contribution in [2.45, 2.75) is 6.61 Å². The first kappa shape index (κ1) is 14.9. The molecule has 0 N–H and O–H groups in total. The number of hydrogen-bond acceptors (Lipinski definition) is 5. The highest BCUT2D eigenvalue weighted by molar-refractivity contribution is 7.09. The van der Waals surface area contributed by atoms with E-state index in [1.807, 2.05) is 0 Å². The Labute approximate surface area is 131 Å². The van der Waals surface area contributed by atoms with E-state index in [2.05, 4.69) is 4.98 Å². The molecule has 0 aliphatic carbocycles. The third-order valence-corrected chi connectivity index (χ3v) is 4.07. The number of morpholine rings is 1. The van der Waals surface area contributed by atoms with E-state index in [0.29, 0.717) is 42.8 Å². The smallest absolute Gasteiger partial charge is 0.273 e. The minimum atomic E-state index is -0.306. The largest absolute Gasteiger partial charge is 0.486 e. The maximum Gasteiger partial charge on any atom is 0.273 e. The first-order chi connectivity index (χ1) is 10.7. The van der Waals surface area contributed by atoms with Gasteiger partial charge in [-0.3, -0.25) is 4.79 Å². The van der Waals surface area contributed by atoms with Gasteiger partial charge >= 0.3 is 0 Å². The lowest BCUT2D eigenvalue weighted by atomic mass is 10.3. The zero-order chi connectivity index (χ0) is 15.4. The number of halogens is 1. The zero-order valence-electron chi connectivity index (χ0n) is 11.8. The topological polar surface area (TPSA) is 51.7 Å². The van der Waals surface area contributed by atoms with Gasteiger partial charge in [-0.25, -0.2) is 9.37 Å². The summed E-state index contributed by atoms with van der Waals surface area (Å²) in [6, 6.07) is 5.79. The second-order valence-corrected chi connectivity index (χ2v) is 5.72. The predicted octanol–water partition coefficient (Wildman–Crippen LogP) is 2.33. The molecule has 1 fully saturated rings. The molecule has 0 bridgehead atoms. The molecule has 0 atom stereocenters. The molecule has 1 amide bonds. The highest BCUT2D eigenvalue weighted by Gasteiger charge is 2.20. The first-order valence-corrected chi connectivity index (χ1v) is 7.80. The maximum atomic E-state index is 12.8. The van der Waals surface area contributed by atoms with Gasteiger partial charge in [0.15, 0.2) is 0 Å². The van der Waals surface area contributed by atoms with Crippen molar-refractivity contribution in [1.82, 2.24) is 9.88 Å². The molecule has 7 heteroatoms. The van der Waals surface area contributed by atoms with Gasteiger partial charge in [0.25, 0.3) is 5.91 Å². The van der Waals surface area contributed by atoms with Crippen LogP contribution in [0.4, 0.5) is 4.39 Å². The Morgan fingerprint density at radius 1 is 1.32 bits per heavy atom. The van der Waals surface area contributed by atoms with Gasteiger partial charge in [-0.05, 0) is 24.3 Å². The normalized spacial score (nSPS) is 14.9. The van der Waals surface area contributed by atoms with Crippen molar-refractivity contribution in [3.8, 4) is 5.75 Å². The second kappa shape index (κ2) is 6.85. The number of carbonyl (C=O) groups is 1. The molecule has 22 heavy (non-hydrogen) atoms. The van der Waals surface area contributed by atoms with E-state index in [0.717, 1.165) is 0 Å². The standard InChI is InChI=1S/C15H15FN2O3S/c16-11-1-3-12(4-2-11)21-9-14-17-13(10-22-14)15(19)18-5-7-20-8-6-18/h1-4,10H,5-9H2.